The molecule has 3 aromatic rings. The first-order chi connectivity index (χ1) is 12.0. The van der Waals surface area contributed by atoms with E-state index in [1.54, 1.807) is 31.2 Å². The van der Waals surface area contributed by atoms with Gasteiger partial charge >= 0.3 is 0 Å². The van der Waals surface area contributed by atoms with Crippen LogP contribution in [0.4, 0.5) is 0 Å². The second-order valence-electron chi connectivity index (χ2n) is 5.41. The van der Waals surface area contributed by atoms with Crippen LogP contribution in [0.2, 0.25) is 0 Å². The smallest absolute Gasteiger partial charge is 0.267 e. The lowest BCUT2D eigenvalue weighted by Crippen LogP contribution is -2.05. The van der Waals surface area contributed by atoms with E-state index in [1.807, 2.05) is 19.1 Å². The summed E-state index contributed by atoms with van der Waals surface area (Å²) in [4.78, 5) is 0.208. The number of hydrogen-bond acceptors (Lipinski definition) is 3. The normalized spacial score (nSPS) is 10.6. The summed E-state index contributed by atoms with van der Waals surface area (Å²) in [5.41, 5.74) is 3.58. The van der Waals surface area contributed by atoms with Crippen LogP contribution in [0.1, 0.15) is 12.5 Å². The molecule has 0 bridgehead atoms. The zero-order valence-electron chi connectivity index (χ0n) is 14.4. The van der Waals surface area contributed by atoms with Crippen LogP contribution in [-0.2, 0) is 14.3 Å². The number of benzene rings is 3. The van der Waals surface area contributed by atoms with Crippen LogP contribution >= 0.6 is 0 Å². The van der Waals surface area contributed by atoms with Crippen molar-refractivity contribution in [1.29, 1.82) is 0 Å². The molecule has 25 heavy (non-hydrogen) atoms. The third kappa shape index (κ3) is 5.85. The van der Waals surface area contributed by atoms with Crippen LogP contribution in [0.15, 0.2) is 89.8 Å². The van der Waals surface area contributed by atoms with E-state index in [0.717, 1.165) is 5.56 Å². The van der Waals surface area contributed by atoms with Gasteiger partial charge in [-0.15, -0.1) is 0 Å². The van der Waals surface area contributed by atoms with Crippen LogP contribution in [-0.4, -0.2) is 15.0 Å². The van der Waals surface area contributed by atoms with Crippen LogP contribution < -0.4 is 0 Å². The molecule has 0 unspecified atom stereocenters. The third-order valence-electron chi connectivity index (χ3n) is 3.46. The van der Waals surface area contributed by atoms with Crippen molar-refractivity contribution in [3.05, 3.63) is 90.5 Å². The molecule has 0 heterocycles. The van der Waals surface area contributed by atoms with E-state index in [4.69, 9.17) is 0 Å². The molecule has 0 saturated carbocycles. The van der Waals surface area contributed by atoms with Crippen molar-refractivity contribution in [2.45, 2.75) is 18.7 Å². The maximum atomic E-state index is 11.3. The maximum absolute atomic E-state index is 11.3. The molecule has 3 nitrogen and oxygen atoms in total. The lowest BCUT2D eigenvalue weighted by molar-refractivity contribution is 0.338. The summed E-state index contributed by atoms with van der Waals surface area (Å²) in [5.74, 6) is 0. The highest BCUT2D eigenvalue weighted by Crippen LogP contribution is 2.17. The fourth-order valence-electron chi connectivity index (χ4n) is 2.19. The first kappa shape index (κ1) is 18.9. The van der Waals surface area contributed by atoms with Gasteiger partial charge in [0.05, 0.1) is 11.5 Å². The minimum absolute atomic E-state index is 0.163. The summed E-state index contributed by atoms with van der Waals surface area (Å²) in [6.45, 7) is 3.71. The fourth-order valence-corrected chi connectivity index (χ4v) is 3.11. The monoisotopic (exact) mass is 354 g/mol. The fraction of sp³-hybridized carbons (Fsp3) is 0.143. The second-order valence-corrected chi connectivity index (χ2v) is 7.02. The number of hydrogen-bond donors (Lipinski definition) is 0. The maximum Gasteiger partial charge on any atom is 0.296 e. The topological polar surface area (TPSA) is 43.4 Å². The largest absolute Gasteiger partial charge is 0.296 e. The van der Waals surface area contributed by atoms with Gasteiger partial charge < -0.3 is 0 Å². The Labute approximate surface area is 150 Å². The van der Waals surface area contributed by atoms with Crippen LogP contribution in [0.3, 0.4) is 0 Å². The molecule has 0 spiro atoms. The predicted octanol–water partition coefficient (Wildman–Crippen LogP) is 5.07. The Balaban J connectivity index is 0.000000181. The van der Waals surface area contributed by atoms with Crippen molar-refractivity contribution in [1.82, 2.24) is 0 Å². The predicted molar refractivity (Wildman–Crippen MR) is 102 cm³/mol. The van der Waals surface area contributed by atoms with Gasteiger partial charge in [0.1, 0.15) is 0 Å². The summed E-state index contributed by atoms with van der Waals surface area (Å²) < 4.78 is 27.3. The average molecular weight is 354 g/mol. The van der Waals surface area contributed by atoms with E-state index < -0.39 is 10.1 Å². The van der Waals surface area contributed by atoms with Crippen molar-refractivity contribution in [3.8, 4) is 11.1 Å². The Morgan fingerprint density at radius 1 is 0.720 bits per heavy atom. The standard InChI is InChI=1S/C12H10.C9H12O3S/c1-3-7-11(8-4-1)12-9-5-2-6-10-12;1-3-12-13(10,11)9-6-4-8(2)5-7-9/h1-10H;4-7H,3H2,1-2H3. The van der Waals surface area contributed by atoms with E-state index in [0.29, 0.717) is 0 Å². The Bertz CT molecular complexity index is 819. The van der Waals surface area contributed by atoms with Crippen LogP contribution in [0.5, 0.6) is 0 Å². The number of aryl methyl sites for hydroxylation is 1. The molecule has 3 aromatic carbocycles. The highest BCUT2D eigenvalue weighted by atomic mass is 32.2. The van der Waals surface area contributed by atoms with Gasteiger partial charge in [0.2, 0.25) is 0 Å². The Morgan fingerprint density at radius 3 is 1.56 bits per heavy atom. The number of rotatable bonds is 4. The molecule has 130 valence electrons. The molecule has 0 aliphatic rings. The molecule has 0 N–H and O–H groups in total. The van der Waals surface area contributed by atoms with E-state index in [2.05, 4.69) is 52.7 Å². The Kier molecular flexibility index (Phi) is 6.92. The molecule has 4 heteroatoms. The minimum Gasteiger partial charge on any atom is -0.267 e. The van der Waals surface area contributed by atoms with Gasteiger partial charge in [-0.25, -0.2) is 0 Å². The molecule has 0 aromatic heterocycles. The lowest BCUT2D eigenvalue weighted by atomic mass is 10.1. The molecular weight excluding hydrogens is 332 g/mol. The summed E-state index contributed by atoms with van der Waals surface area (Å²) in [6.07, 6.45) is 0. The van der Waals surface area contributed by atoms with Crippen molar-refractivity contribution < 1.29 is 12.6 Å². The van der Waals surface area contributed by atoms with Gasteiger partial charge in [-0.2, -0.15) is 8.42 Å². The van der Waals surface area contributed by atoms with E-state index >= 15 is 0 Å². The van der Waals surface area contributed by atoms with E-state index in [-0.39, 0.29) is 11.5 Å². The van der Waals surface area contributed by atoms with Gasteiger partial charge in [-0.3, -0.25) is 4.18 Å². The molecule has 0 atom stereocenters. The van der Waals surface area contributed by atoms with E-state index in [9.17, 15) is 8.42 Å². The van der Waals surface area contributed by atoms with Crippen molar-refractivity contribution >= 4 is 10.1 Å². The zero-order valence-corrected chi connectivity index (χ0v) is 15.2. The van der Waals surface area contributed by atoms with Crippen molar-refractivity contribution in [2.75, 3.05) is 6.61 Å². The Morgan fingerprint density at radius 2 is 1.16 bits per heavy atom. The molecule has 0 aliphatic carbocycles. The average Bonchev–Trinajstić information content (AvgIpc) is 2.64. The van der Waals surface area contributed by atoms with Gasteiger partial charge in [0.15, 0.2) is 0 Å². The van der Waals surface area contributed by atoms with Crippen molar-refractivity contribution in [2.24, 2.45) is 0 Å². The van der Waals surface area contributed by atoms with Gasteiger partial charge in [-0.1, -0.05) is 78.4 Å². The van der Waals surface area contributed by atoms with Gasteiger partial charge in [0.25, 0.3) is 10.1 Å². The van der Waals surface area contributed by atoms with Gasteiger partial charge in [0, 0.05) is 0 Å². The highest BCUT2D eigenvalue weighted by molar-refractivity contribution is 7.86. The first-order valence-electron chi connectivity index (χ1n) is 8.09. The molecule has 0 radical (unpaired) electrons. The molecular formula is C21H22O3S. The summed E-state index contributed by atoms with van der Waals surface area (Å²) in [5, 5.41) is 0. The Hall–Kier alpha value is -2.43. The zero-order chi connectivity index (χ0) is 18.1. The minimum atomic E-state index is -3.53. The van der Waals surface area contributed by atoms with Crippen LogP contribution in [0, 0.1) is 6.92 Å². The van der Waals surface area contributed by atoms with Gasteiger partial charge in [-0.05, 0) is 37.1 Å². The lowest BCUT2D eigenvalue weighted by Gasteiger charge is -2.02. The quantitative estimate of drug-likeness (QED) is 0.614. The summed E-state index contributed by atoms with van der Waals surface area (Å²) in [7, 11) is -3.53. The van der Waals surface area contributed by atoms with E-state index in [1.165, 1.54) is 11.1 Å². The first-order valence-corrected chi connectivity index (χ1v) is 9.50. The molecule has 0 aliphatic heterocycles. The molecule has 0 fully saturated rings. The third-order valence-corrected chi connectivity index (χ3v) is 4.86. The SMILES string of the molecule is CCOS(=O)(=O)c1ccc(C)cc1.c1ccc(-c2ccccc2)cc1. The van der Waals surface area contributed by atoms with Crippen molar-refractivity contribution in [3.63, 3.8) is 0 Å². The second kappa shape index (κ2) is 9.16. The molecule has 0 saturated heterocycles. The highest BCUT2D eigenvalue weighted by Gasteiger charge is 2.12. The molecule has 3 rings (SSSR count). The summed E-state index contributed by atoms with van der Waals surface area (Å²) >= 11 is 0. The molecule has 0 amide bonds. The van der Waals surface area contributed by atoms with Crippen LogP contribution in [0.25, 0.3) is 11.1 Å². The summed E-state index contributed by atoms with van der Waals surface area (Å²) in [6, 6.07) is 27.3.